The SMILES string of the molecule is Cc1cccc(N=Nc2cnn(Cc3cc[n+](C)cc3)c2N)c1. The zero-order valence-electron chi connectivity index (χ0n) is 13.2. The molecule has 3 aromatic rings. The number of azo groups is 1. The van der Waals surface area contributed by atoms with Gasteiger partial charge in [0.15, 0.2) is 12.4 Å². The lowest BCUT2D eigenvalue weighted by atomic mass is 10.2. The number of aryl methyl sites for hydroxylation is 2. The zero-order chi connectivity index (χ0) is 16.2. The van der Waals surface area contributed by atoms with Crippen molar-refractivity contribution in [2.75, 3.05) is 5.73 Å². The van der Waals surface area contributed by atoms with E-state index in [1.54, 1.807) is 10.9 Å². The Hall–Kier alpha value is -3.02. The number of hydrogen-bond donors (Lipinski definition) is 1. The lowest BCUT2D eigenvalue weighted by Gasteiger charge is -2.03. The van der Waals surface area contributed by atoms with Crippen molar-refractivity contribution >= 4 is 17.2 Å². The zero-order valence-corrected chi connectivity index (χ0v) is 13.2. The van der Waals surface area contributed by atoms with Crippen LogP contribution in [0.4, 0.5) is 17.2 Å². The molecule has 1 aromatic carbocycles. The Morgan fingerprint density at radius 3 is 2.70 bits per heavy atom. The van der Waals surface area contributed by atoms with E-state index < -0.39 is 0 Å². The molecule has 0 unspecified atom stereocenters. The van der Waals surface area contributed by atoms with E-state index in [-0.39, 0.29) is 0 Å². The third-order valence-electron chi connectivity index (χ3n) is 3.51. The van der Waals surface area contributed by atoms with Crippen LogP contribution in [0.2, 0.25) is 0 Å². The summed E-state index contributed by atoms with van der Waals surface area (Å²) in [5.74, 6) is 0.509. The molecule has 0 aliphatic heterocycles. The van der Waals surface area contributed by atoms with Crippen molar-refractivity contribution in [2.24, 2.45) is 17.3 Å². The van der Waals surface area contributed by atoms with Crippen molar-refractivity contribution in [3.05, 3.63) is 66.1 Å². The molecule has 0 bridgehead atoms. The first-order chi connectivity index (χ1) is 11.1. The van der Waals surface area contributed by atoms with Crippen molar-refractivity contribution in [3.63, 3.8) is 0 Å². The van der Waals surface area contributed by atoms with E-state index in [0.717, 1.165) is 16.8 Å². The fourth-order valence-corrected chi connectivity index (χ4v) is 2.20. The van der Waals surface area contributed by atoms with Crippen molar-refractivity contribution in [1.82, 2.24) is 9.78 Å². The van der Waals surface area contributed by atoms with Gasteiger partial charge in [0.2, 0.25) is 0 Å². The predicted molar refractivity (Wildman–Crippen MR) is 88.7 cm³/mol. The second-order valence-corrected chi connectivity index (χ2v) is 5.48. The lowest BCUT2D eigenvalue weighted by Crippen LogP contribution is -2.26. The minimum absolute atomic E-state index is 0.509. The normalized spacial score (nSPS) is 11.2. The summed E-state index contributed by atoms with van der Waals surface area (Å²) in [6, 6.07) is 11.9. The van der Waals surface area contributed by atoms with Gasteiger partial charge < -0.3 is 5.73 Å². The van der Waals surface area contributed by atoms with E-state index in [1.165, 1.54) is 0 Å². The standard InChI is InChI=1S/C17H19N6/c1-13-4-3-5-15(10-13)20-21-16-11-19-23(17(16)18)12-14-6-8-22(2)9-7-14/h3-11H,12,18H2,1-2H3/q+1. The molecule has 116 valence electrons. The number of nitrogen functional groups attached to an aromatic ring is 1. The van der Waals surface area contributed by atoms with Crippen LogP contribution in [-0.2, 0) is 13.6 Å². The molecular formula is C17H19N6+. The molecule has 0 aliphatic rings. The Bertz CT molecular complexity index is 833. The lowest BCUT2D eigenvalue weighted by molar-refractivity contribution is -0.671. The van der Waals surface area contributed by atoms with Crippen LogP contribution in [-0.4, -0.2) is 9.78 Å². The molecule has 6 nitrogen and oxygen atoms in total. The quantitative estimate of drug-likeness (QED) is 0.594. The van der Waals surface area contributed by atoms with E-state index in [1.807, 2.05) is 67.3 Å². The highest BCUT2D eigenvalue weighted by atomic mass is 15.3. The molecule has 0 fully saturated rings. The summed E-state index contributed by atoms with van der Waals surface area (Å²) in [7, 11) is 1.98. The van der Waals surface area contributed by atoms with Crippen LogP contribution in [0, 0.1) is 6.92 Å². The van der Waals surface area contributed by atoms with Crippen LogP contribution in [0.25, 0.3) is 0 Å². The first-order valence-electron chi connectivity index (χ1n) is 7.36. The molecule has 0 radical (unpaired) electrons. The summed E-state index contributed by atoms with van der Waals surface area (Å²) in [5, 5.41) is 12.7. The maximum atomic E-state index is 6.12. The second-order valence-electron chi connectivity index (χ2n) is 5.48. The molecule has 0 saturated heterocycles. The van der Waals surface area contributed by atoms with Crippen LogP contribution < -0.4 is 10.3 Å². The van der Waals surface area contributed by atoms with Crippen molar-refractivity contribution in [1.29, 1.82) is 0 Å². The van der Waals surface area contributed by atoms with Gasteiger partial charge in [-0.2, -0.15) is 10.2 Å². The summed E-state index contributed by atoms with van der Waals surface area (Å²) >= 11 is 0. The van der Waals surface area contributed by atoms with Gasteiger partial charge in [-0.05, 0) is 30.2 Å². The van der Waals surface area contributed by atoms with Gasteiger partial charge in [0.05, 0.1) is 18.4 Å². The van der Waals surface area contributed by atoms with E-state index >= 15 is 0 Å². The molecule has 0 amide bonds. The van der Waals surface area contributed by atoms with Crippen LogP contribution in [0.5, 0.6) is 0 Å². The number of rotatable bonds is 4. The predicted octanol–water partition coefficient (Wildman–Crippen LogP) is 3.06. The van der Waals surface area contributed by atoms with Crippen LogP contribution >= 0.6 is 0 Å². The summed E-state index contributed by atoms with van der Waals surface area (Å²) in [4.78, 5) is 0. The summed E-state index contributed by atoms with van der Waals surface area (Å²) in [6.07, 6.45) is 5.62. The molecule has 2 heterocycles. The Balaban J connectivity index is 1.77. The summed E-state index contributed by atoms with van der Waals surface area (Å²) < 4.78 is 3.71. The molecule has 0 saturated carbocycles. The second kappa shape index (κ2) is 6.39. The number of hydrogen-bond acceptors (Lipinski definition) is 4. The summed E-state index contributed by atoms with van der Waals surface area (Å²) in [6.45, 7) is 2.62. The number of anilines is 1. The number of pyridine rings is 1. The van der Waals surface area contributed by atoms with Crippen LogP contribution in [0.15, 0.2) is 65.2 Å². The summed E-state index contributed by atoms with van der Waals surface area (Å²) in [5.41, 5.74) is 9.76. The molecule has 2 N–H and O–H groups in total. The first-order valence-corrected chi connectivity index (χ1v) is 7.36. The maximum absolute atomic E-state index is 6.12. The number of nitrogens with two attached hydrogens (primary N) is 1. The van der Waals surface area contributed by atoms with Crippen LogP contribution in [0.1, 0.15) is 11.1 Å². The van der Waals surface area contributed by atoms with Gasteiger partial charge in [-0.15, -0.1) is 5.11 Å². The number of benzene rings is 1. The van der Waals surface area contributed by atoms with Gasteiger partial charge in [0, 0.05) is 12.1 Å². The van der Waals surface area contributed by atoms with Gasteiger partial charge in [-0.3, -0.25) is 0 Å². The minimum atomic E-state index is 0.509. The third-order valence-corrected chi connectivity index (χ3v) is 3.51. The Morgan fingerprint density at radius 2 is 1.96 bits per heavy atom. The number of nitrogens with zero attached hydrogens (tertiary/aromatic N) is 5. The molecule has 2 aromatic heterocycles. The molecule has 0 spiro atoms. The molecule has 23 heavy (non-hydrogen) atoms. The Labute approximate surface area is 134 Å². The monoisotopic (exact) mass is 307 g/mol. The average molecular weight is 307 g/mol. The number of aromatic nitrogens is 3. The Kier molecular flexibility index (Phi) is 4.14. The molecule has 3 rings (SSSR count). The van der Waals surface area contributed by atoms with Gasteiger partial charge >= 0.3 is 0 Å². The van der Waals surface area contributed by atoms with Crippen LogP contribution in [0.3, 0.4) is 0 Å². The smallest absolute Gasteiger partial charge is 0.168 e. The van der Waals surface area contributed by atoms with E-state index in [2.05, 4.69) is 15.3 Å². The largest absolute Gasteiger partial charge is 0.382 e. The molecule has 0 atom stereocenters. The van der Waals surface area contributed by atoms with Crippen molar-refractivity contribution in [2.45, 2.75) is 13.5 Å². The van der Waals surface area contributed by atoms with Gasteiger partial charge in [0.25, 0.3) is 0 Å². The molecular weight excluding hydrogens is 288 g/mol. The highest BCUT2D eigenvalue weighted by Crippen LogP contribution is 2.24. The average Bonchev–Trinajstić information content (AvgIpc) is 2.88. The first kappa shape index (κ1) is 14.9. The highest BCUT2D eigenvalue weighted by molar-refractivity contribution is 5.56. The third kappa shape index (κ3) is 3.60. The topological polar surface area (TPSA) is 72.4 Å². The maximum Gasteiger partial charge on any atom is 0.168 e. The van der Waals surface area contributed by atoms with Crippen molar-refractivity contribution in [3.8, 4) is 0 Å². The van der Waals surface area contributed by atoms with Crippen molar-refractivity contribution < 1.29 is 4.57 Å². The van der Waals surface area contributed by atoms with Gasteiger partial charge in [-0.1, -0.05) is 12.1 Å². The molecule has 0 aliphatic carbocycles. The van der Waals surface area contributed by atoms with Gasteiger partial charge in [-0.25, -0.2) is 9.25 Å². The fourth-order valence-electron chi connectivity index (χ4n) is 2.20. The Morgan fingerprint density at radius 1 is 1.17 bits per heavy atom. The fraction of sp³-hybridized carbons (Fsp3) is 0.176. The van der Waals surface area contributed by atoms with Gasteiger partial charge in [0.1, 0.15) is 18.6 Å². The minimum Gasteiger partial charge on any atom is -0.382 e. The highest BCUT2D eigenvalue weighted by Gasteiger charge is 2.08. The van der Waals surface area contributed by atoms with E-state index in [0.29, 0.717) is 18.1 Å². The molecule has 6 heteroatoms. The van der Waals surface area contributed by atoms with E-state index in [9.17, 15) is 0 Å². The van der Waals surface area contributed by atoms with E-state index in [4.69, 9.17) is 5.73 Å².